The Labute approximate surface area is 123 Å². The van der Waals surface area contributed by atoms with E-state index in [9.17, 15) is 4.79 Å². The number of hydrogen-bond acceptors (Lipinski definition) is 4. The number of aromatic nitrogens is 1. The van der Waals surface area contributed by atoms with Crippen LogP contribution in [0.5, 0.6) is 0 Å². The van der Waals surface area contributed by atoms with Gasteiger partial charge in [-0.2, -0.15) is 0 Å². The zero-order valence-corrected chi connectivity index (χ0v) is 12.5. The Morgan fingerprint density at radius 3 is 2.85 bits per heavy atom. The van der Waals surface area contributed by atoms with Crippen LogP contribution in [0.15, 0.2) is 35.8 Å². The first-order valence-electron chi connectivity index (χ1n) is 6.69. The van der Waals surface area contributed by atoms with Crippen LogP contribution in [-0.4, -0.2) is 10.9 Å². The van der Waals surface area contributed by atoms with Crippen LogP contribution >= 0.6 is 11.3 Å². The summed E-state index contributed by atoms with van der Waals surface area (Å²) in [5.41, 5.74) is 1.94. The number of para-hydroxylation sites is 1. The molecular weight excluding hydrogens is 270 g/mol. The van der Waals surface area contributed by atoms with Crippen molar-refractivity contribution in [1.29, 1.82) is 0 Å². The van der Waals surface area contributed by atoms with Gasteiger partial charge in [-0.1, -0.05) is 25.1 Å². The van der Waals surface area contributed by atoms with Gasteiger partial charge in [0, 0.05) is 30.7 Å². The van der Waals surface area contributed by atoms with Crippen molar-refractivity contribution in [3.63, 3.8) is 0 Å². The third-order valence-electron chi connectivity index (χ3n) is 3.02. The molecule has 0 saturated carbocycles. The maximum absolute atomic E-state index is 11.2. The van der Waals surface area contributed by atoms with Gasteiger partial charge in [0.05, 0.1) is 6.04 Å². The minimum atomic E-state index is -0.0515. The minimum absolute atomic E-state index is 0.0515. The van der Waals surface area contributed by atoms with Gasteiger partial charge in [0.25, 0.3) is 0 Å². The van der Waals surface area contributed by atoms with Crippen molar-refractivity contribution in [2.75, 3.05) is 5.32 Å². The monoisotopic (exact) mass is 289 g/mol. The molecule has 1 heterocycles. The van der Waals surface area contributed by atoms with Crippen LogP contribution in [0.3, 0.4) is 0 Å². The number of carbonyl (C=O) groups excluding carboxylic acids is 1. The van der Waals surface area contributed by atoms with Gasteiger partial charge < -0.3 is 10.6 Å². The molecule has 1 aromatic carbocycles. The highest BCUT2D eigenvalue weighted by Gasteiger charge is 2.12. The van der Waals surface area contributed by atoms with Gasteiger partial charge in [-0.05, 0) is 18.1 Å². The van der Waals surface area contributed by atoms with Gasteiger partial charge in [0.2, 0.25) is 5.91 Å². The van der Waals surface area contributed by atoms with Crippen molar-refractivity contribution in [2.45, 2.75) is 32.9 Å². The molecule has 5 heteroatoms. The molecule has 0 aliphatic rings. The summed E-state index contributed by atoms with van der Waals surface area (Å²) in [7, 11) is 0. The van der Waals surface area contributed by atoms with E-state index in [0.717, 1.165) is 22.7 Å². The summed E-state index contributed by atoms with van der Waals surface area (Å²) in [5, 5.41) is 9.45. The number of amides is 1. The van der Waals surface area contributed by atoms with Crippen LogP contribution in [0, 0.1) is 0 Å². The summed E-state index contributed by atoms with van der Waals surface area (Å²) in [6, 6.07) is 8.09. The standard InChI is InChI=1S/C15H19N3OS/c1-3-13(15-16-8-9-20-15)17-10-12-6-4-5-7-14(12)18-11(2)19/h4-9,13,17H,3,10H2,1-2H3,(H,18,19). The lowest BCUT2D eigenvalue weighted by molar-refractivity contribution is -0.114. The molecule has 4 nitrogen and oxygen atoms in total. The number of thiazole rings is 1. The van der Waals surface area contributed by atoms with Crippen molar-refractivity contribution < 1.29 is 4.79 Å². The zero-order chi connectivity index (χ0) is 14.4. The summed E-state index contributed by atoms with van der Waals surface area (Å²) in [5.74, 6) is -0.0515. The number of nitrogens with zero attached hydrogens (tertiary/aromatic N) is 1. The lowest BCUT2D eigenvalue weighted by Gasteiger charge is -2.16. The fraction of sp³-hybridized carbons (Fsp3) is 0.333. The van der Waals surface area contributed by atoms with Crippen molar-refractivity contribution >= 4 is 22.9 Å². The van der Waals surface area contributed by atoms with Gasteiger partial charge in [-0.15, -0.1) is 11.3 Å². The Morgan fingerprint density at radius 2 is 2.20 bits per heavy atom. The molecule has 0 aliphatic heterocycles. The Bertz CT molecular complexity index is 554. The number of hydrogen-bond donors (Lipinski definition) is 2. The molecule has 2 rings (SSSR count). The highest BCUT2D eigenvalue weighted by molar-refractivity contribution is 7.09. The van der Waals surface area contributed by atoms with E-state index in [4.69, 9.17) is 0 Å². The molecule has 2 aromatic rings. The zero-order valence-electron chi connectivity index (χ0n) is 11.7. The van der Waals surface area contributed by atoms with Crippen LogP contribution < -0.4 is 10.6 Å². The number of nitrogens with one attached hydrogen (secondary N) is 2. The van der Waals surface area contributed by atoms with Crippen molar-refractivity contribution in [1.82, 2.24) is 10.3 Å². The van der Waals surface area contributed by atoms with E-state index in [1.165, 1.54) is 6.92 Å². The number of carbonyl (C=O) groups is 1. The summed E-state index contributed by atoms with van der Waals surface area (Å²) in [4.78, 5) is 15.6. The smallest absolute Gasteiger partial charge is 0.221 e. The van der Waals surface area contributed by atoms with Crippen LogP contribution in [-0.2, 0) is 11.3 Å². The van der Waals surface area contributed by atoms with E-state index in [1.54, 1.807) is 11.3 Å². The van der Waals surface area contributed by atoms with Gasteiger partial charge in [-0.3, -0.25) is 4.79 Å². The molecule has 1 aromatic heterocycles. The average Bonchev–Trinajstić information content (AvgIpc) is 2.95. The molecule has 0 radical (unpaired) electrons. The molecule has 1 atom stereocenters. The van der Waals surface area contributed by atoms with Crippen LogP contribution in [0.2, 0.25) is 0 Å². The highest BCUT2D eigenvalue weighted by Crippen LogP contribution is 2.21. The van der Waals surface area contributed by atoms with Crippen molar-refractivity contribution in [2.24, 2.45) is 0 Å². The Balaban J connectivity index is 2.04. The molecule has 0 fully saturated rings. The second-order valence-electron chi connectivity index (χ2n) is 4.55. The topological polar surface area (TPSA) is 54.0 Å². The maximum atomic E-state index is 11.2. The molecule has 0 spiro atoms. The van der Waals surface area contributed by atoms with Gasteiger partial charge in [0.1, 0.15) is 5.01 Å². The largest absolute Gasteiger partial charge is 0.326 e. The molecule has 106 valence electrons. The fourth-order valence-corrected chi connectivity index (χ4v) is 2.83. The lowest BCUT2D eigenvalue weighted by Crippen LogP contribution is -2.21. The second kappa shape index (κ2) is 7.17. The van der Waals surface area contributed by atoms with E-state index >= 15 is 0 Å². The molecule has 2 N–H and O–H groups in total. The number of anilines is 1. The van der Waals surface area contributed by atoms with Crippen LogP contribution in [0.4, 0.5) is 5.69 Å². The van der Waals surface area contributed by atoms with Gasteiger partial charge in [0.15, 0.2) is 0 Å². The van der Waals surface area contributed by atoms with E-state index in [0.29, 0.717) is 6.54 Å². The third-order valence-corrected chi connectivity index (χ3v) is 3.91. The Kier molecular flexibility index (Phi) is 5.26. The quantitative estimate of drug-likeness (QED) is 0.857. The lowest BCUT2D eigenvalue weighted by atomic mass is 10.1. The number of benzene rings is 1. The van der Waals surface area contributed by atoms with Crippen LogP contribution in [0.1, 0.15) is 36.9 Å². The molecular formula is C15H19N3OS. The van der Waals surface area contributed by atoms with E-state index < -0.39 is 0 Å². The first kappa shape index (κ1) is 14.7. The average molecular weight is 289 g/mol. The van der Waals surface area contributed by atoms with Crippen molar-refractivity contribution in [3.8, 4) is 0 Å². The van der Waals surface area contributed by atoms with Crippen LogP contribution in [0.25, 0.3) is 0 Å². The fourth-order valence-electron chi connectivity index (χ4n) is 2.03. The molecule has 1 unspecified atom stereocenters. The summed E-state index contributed by atoms with van der Waals surface area (Å²) in [6.45, 7) is 4.36. The summed E-state index contributed by atoms with van der Waals surface area (Å²) in [6.07, 6.45) is 2.81. The van der Waals surface area contributed by atoms with E-state index in [-0.39, 0.29) is 11.9 Å². The summed E-state index contributed by atoms with van der Waals surface area (Å²) < 4.78 is 0. The molecule has 1 amide bonds. The van der Waals surface area contributed by atoms with Crippen molar-refractivity contribution in [3.05, 3.63) is 46.4 Å². The third kappa shape index (κ3) is 3.88. The van der Waals surface area contributed by atoms with Gasteiger partial charge >= 0.3 is 0 Å². The van der Waals surface area contributed by atoms with E-state index in [2.05, 4.69) is 22.5 Å². The molecule has 0 bridgehead atoms. The molecule has 0 aliphatic carbocycles. The summed E-state index contributed by atoms with van der Waals surface area (Å²) >= 11 is 1.66. The predicted molar refractivity (Wildman–Crippen MR) is 82.7 cm³/mol. The SMILES string of the molecule is CCC(NCc1ccccc1NC(C)=O)c1nccs1. The van der Waals surface area contributed by atoms with Gasteiger partial charge in [-0.25, -0.2) is 4.98 Å². The van der Waals surface area contributed by atoms with E-state index in [1.807, 2.05) is 35.8 Å². The molecule has 0 saturated heterocycles. The predicted octanol–water partition coefficient (Wildman–Crippen LogP) is 3.34. The normalized spacial score (nSPS) is 12.1. The Hall–Kier alpha value is -1.72. The Morgan fingerprint density at radius 1 is 1.40 bits per heavy atom. The maximum Gasteiger partial charge on any atom is 0.221 e. The first-order valence-corrected chi connectivity index (χ1v) is 7.57. The first-order chi connectivity index (χ1) is 9.70. The second-order valence-corrected chi connectivity index (χ2v) is 5.48. The molecule has 20 heavy (non-hydrogen) atoms. The minimum Gasteiger partial charge on any atom is -0.326 e. The number of rotatable bonds is 6. The highest BCUT2D eigenvalue weighted by atomic mass is 32.1.